The van der Waals surface area contributed by atoms with Crippen LogP contribution >= 0.6 is 0 Å². The number of allylic oxidation sites excluding steroid dienone is 1. The van der Waals surface area contributed by atoms with Crippen LogP contribution in [0, 0.1) is 0 Å². The molecule has 4 rings (SSSR count). The van der Waals surface area contributed by atoms with Gasteiger partial charge in [0, 0.05) is 29.7 Å². The molecule has 1 aliphatic rings. The van der Waals surface area contributed by atoms with Crippen LogP contribution in [0.25, 0.3) is 22.7 Å². The molecule has 2 heteroatoms. The Morgan fingerprint density at radius 2 is 1.74 bits per heavy atom. The van der Waals surface area contributed by atoms with Crippen molar-refractivity contribution >= 4 is 34.6 Å². The van der Waals surface area contributed by atoms with Gasteiger partial charge in [-0.2, -0.15) is 0 Å². The van der Waals surface area contributed by atoms with Gasteiger partial charge < -0.3 is 4.57 Å². The van der Waals surface area contributed by atoms with E-state index >= 15 is 0 Å². The summed E-state index contributed by atoms with van der Waals surface area (Å²) in [7, 11) is 0. The fraction of sp³-hybridized carbons (Fsp3) is 0. The molecule has 19 heavy (non-hydrogen) atoms. The Morgan fingerprint density at radius 1 is 0.895 bits per heavy atom. The molecule has 0 unspecified atom stereocenters. The minimum Gasteiger partial charge on any atom is -0.323 e. The molecule has 0 saturated carbocycles. The predicted molar refractivity (Wildman–Crippen MR) is 80.7 cm³/mol. The van der Waals surface area contributed by atoms with Crippen LogP contribution in [0.3, 0.4) is 0 Å². The molecule has 0 fully saturated rings. The fourth-order valence-corrected chi connectivity index (χ4v) is 2.51. The molecule has 0 N–H and O–H groups in total. The van der Waals surface area contributed by atoms with Crippen molar-refractivity contribution in [2.75, 3.05) is 0 Å². The van der Waals surface area contributed by atoms with Crippen LogP contribution in [0.5, 0.6) is 0 Å². The maximum atomic E-state index is 4.43. The third kappa shape index (κ3) is 1.61. The Morgan fingerprint density at radius 3 is 2.74 bits per heavy atom. The molecule has 0 atom stereocenters. The molecule has 3 aromatic rings. The molecule has 2 aromatic carbocycles. The minimum absolute atomic E-state index is 1.05. The molecular weight excluding hydrogens is 232 g/mol. The SMILES string of the molecule is C1=Nc2ccccc2/C1=C/n1ccc2ccccc21. The molecule has 0 saturated heterocycles. The van der Waals surface area contributed by atoms with Gasteiger partial charge in [-0.25, -0.2) is 0 Å². The first-order valence-corrected chi connectivity index (χ1v) is 6.33. The van der Waals surface area contributed by atoms with E-state index in [1.165, 1.54) is 16.5 Å². The summed E-state index contributed by atoms with van der Waals surface area (Å²) in [4.78, 5) is 4.43. The number of para-hydroxylation sites is 2. The van der Waals surface area contributed by atoms with E-state index in [9.17, 15) is 0 Å². The van der Waals surface area contributed by atoms with Crippen LogP contribution in [0.2, 0.25) is 0 Å². The Kier molecular flexibility index (Phi) is 2.15. The zero-order valence-corrected chi connectivity index (χ0v) is 10.3. The van der Waals surface area contributed by atoms with E-state index in [-0.39, 0.29) is 0 Å². The highest BCUT2D eigenvalue weighted by Crippen LogP contribution is 2.31. The Labute approximate surface area is 111 Å². The fourth-order valence-electron chi connectivity index (χ4n) is 2.51. The van der Waals surface area contributed by atoms with E-state index in [1.807, 2.05) is 18.3 Å². The quantitative estimate of drug-likeness (QED) is 0.605. The molecule has 0 aliphatic carbocycles. The van der Waals surface area contributed by atoms with Gasteiger partial charge in [-0.3, -0.25) is 4.99 Å². The van der Waals surface area contributed by atoms with Gasteiger partial charge in [0.2, 0.25) is 0 Å². The molecule has 0 spiro atoms. The van der Waals surface area contributed by atoms with E-state index in [0.717, 1.165) is 11.3 Å². The second kappa shape index (κ2) is 3.95. The molecule has 2 heterocycles. The predicted octanol–water partition coefficient (Wildman–Crippen LogP) is 4.36. The van der Waals surface area contributed by atoms with Gasteiger partial charge in [0.1, 0.15) is 0 Å². The molecular formula is C17H12N2. The van der Waals surface area contributed by atoms with E-state index in [4.69, 9.17) is 0 Å². The third-order valence-corrected chi connectivity index (χ3v) is 3.47. The van der Waals surface area contributed by atoms with E-state index in [0.29, 0.717) is 0 Å². The first-order valence-electron chi connectivity index (χ1n) is 6.33. The van der Waals surface area contributed by atoms with Gasteiger partial charge in [0.15, 0.2) is 0 Å². The second-order valence-corrected chi connectivity index (χ2v) is 4.64. The Bertz CT molecular complexity index is 822. The highest BCUT2D eigenvalue weighted by Gasteiger charge is 2.11. The van der Waals surface area contributed by atoms with Crippen molar-refractivity contribution in [2.45, 2.75) is 0 Å². The summed E-state index contributed by atoms with van der Waals surface area (Å²) < 4.78 is 2.15. The molecule has 0 amide bonds. The summed E-state index contributed by atoms with van der Waals surface area (Å²) in [5.41, 5.74) is 4.61. The Balaban J connectivity index is 1.88. The van der Waals surface area contributed by atoms with E-state index in [2.05, 4.69) is 64.4 Å². The monoisotopic (exact) mass is 244 g/mol. The van der Waals surface area contributed by atoms with Gasteiger partial charge in [-0.05, 0) is 23.6 Å². The molecule has 1 aliphatic heterocycles. The number of rotatable bonds is 1. The summed E-state index contributed by atoms with van der Waals surface area (Å²) in [6.45, 7) is 0. The van der Waals surface area contributed by atoms with Gasteiger partial charge in [-0.1, -0.05) is 36.4 Å². The molecule has 0 radical (unpaired) electrons. The maximum Gasteiger partial charge on any atom is 0.0709 e. The molecule has 2 nitrogen and oxygen atoms in total. The van der Waals surface area contributed by atoms with Gasteiger partial charge in [-0.15, -0.1) is 0 Å². The van der Waals surface area contributed by atoms with Gasteiger partial charge in [0.25, 0.3) is 0 Å². The van der Waals surface area contributed by atoms with E-state index < -0.39 is 0 Å². The largest absolute Gasteiger partial charge is 0.323 e. The standard InChI is InChI=1S/C17H12N2/c1-4-8-17-13(5-1)9-10-19(17)12-14-11-18-16-7-3-2-6-15(14)16/h1-12H/b14-12+. The highest BCUT2D eigenvalue weighted by atomic mass is 14.9. The number of fused-ring (bicyclic) bond motifs is 2. The second-order valence-electron chi connectivity index (χ2n) is 4.64. The zero-order valence-electron chi connectivity index (χ0n) is 10.3. The first kappa shape index (κ1) is 10.3. The topological polar surface area (TPSA) is 17.3 Å². The van der Waals surface area contributed by atoms with Crippen molar-refractivity contribution in [3.63, 3.8) is 0 Å². The van der Waals surface area contributed by atoms with Crippen molar-refractivity contribution in [3.8, 4) is 0 Å². The lowest BCUT2D eigenvalue weighted by atomic mass is 10.1. The van der Waals surface area contributed by atoms with Gasteiger partial charge in [0.05, 0.1) is 11.2 Å². The molecule has 1 aromatic heterocycles. The summed E-state index contributed by atoms with van der Waals surface area (Å²) >= 11 is 0. The van der Waals surface area contributed by atoms with Crippen molar-refractivity contribution < 1.29 is 0 Å². The van der Waals surface area contributed by atoms with Crippen LogP contribution in [0.15, 0.2) is 65.8 Å². The highest BCUT2D eigenvalue weighted by molar-refractivity contribution is 6.20. The van der Waals surface area contributed by atoms with Crippen molar-refractivity contribution in [2.24, 2.45) is 4.99 Å². The molecule has 0 bridgehead atoms. The van der Waals surface area contributed by atoms with Crippen LogP contribution in [-0.4, -0.2) is 10.8 Å². The number of hydrogen-bond acceptors (Lipinski definition) is 1. The smallest absolute Gasteiger partial charge is 0.0709 e. The van der Waals surface area contributed by atoms with Crippen LogP contribution in [0.4, 0.5) is 5.69 Å². The first-order chi connectivity index (χ1) is 9.42. The number of benzene rings is 2. The van der Waals surface area contributed by atoms with E-state index in [1.54, 1.807) is 0 Å². The van der Waals surface area contributed by atoms with Crippen molar-refractivity contribution in [1.29, 1.82) is 0 Å². The van der Waals surface area contributed by atoms with Crippen LogP contribution < -0.4 is 0 Å². The van der Waals surface area contributed by atoms with Crippen molar-refractivity contribution in [1.82, 2.24) is 4.57 Å². The average molecular weight is 244 g/mol. The maximum absolute atomic E-state index is 4.43. The lowest BCUT2D eigenvalue weighted by Gasteiger charge is -2.01. The Hall–Kier alpha value is -2.61. The molecule has 90 valence electrons. The van der Waals surface area contributed by atoms with Crippen LogP contribution in [-0.2, 0) is 0 Å². The van der Waals surface area contributed by atoms with Gasteiger partial charge >= 0.3 is 0 Å². The summed E-state index contributed by atoms with van der Waals surface area (Å²) in [5.74, 6) is 0. The summed E-state index contributed by atoms with van der Waals surface area (Å²) in [5, 5.41) is 1.25. The minimum atomic E-state index is 1.05. The lowest BCUT2D eigenvalue weighted by Crippen LogP contribution is -1.87. The average Bonchev–Trinajstić information content (AvgIpc) is 3.05. The summed E-state index contributed by atoms with van der Waals surface area (Å²) in [6, 6.07) is 18.7. The zero-order chi connectivity index (χ0) is 12.7. The number of aromatic nitrogens is 1. The lowest BCUT2D eigenvalue weighted by molar-refractivity contribution is 1.23. The number of aliphatic imine (C=N–C) groups is 1. The third-order valence-electron chi connectivity index (χ3n) is 3.47. The normalized spacial score (nSPS) is 15.3. The number of nitrogens with zero attached hydrogens (tertiary/aromatic N) is 2. The van der Waals surface area contributed by atoms with Crippen LogP contribution in [0.1, 0.15) is 5.56 Å². The van der Waals surface area contributed by atoms with Crippen molar-refractivity contribution in [3.05, 3.63) is 66.4 Å². The summed E-state index contributed by atoms with van der Waals surface area (Å²) in [6.07, 6.45) is 6.16. The number of hydrogen-bond donors (Lipinski definition) is 0.